The lowest BCUT2D eigenvalue weighted by atomic mass is 9.72. The number of aromatic hydroxyl groups is 1. The molecule has 146 valence electrons. The lowest BCUT2D eigenvalue weighted by Gasteiger charge is -2.32. The van der Waals surface area contributed by atoms with E-state index >= 15 is 0 Å². The first-order chi connectivity index (χ1) is 13.1. The first-order valence-electron chi connectivity index (χ1n) is 9.80. The van der Waals surface area contributed by atoms with Crippen molar-refractivity contribution in [3.8, 4) is 17.1 Å². The van der Waals surface area contributed by atoms with Crippen LogP contribution in [0.3, 0.4) is 0 Å². The summed E-state index contributed by atoms with van der Waals surface area (Å²) in [6.45, 7) is 12.3. The van der Waals surface area contributed by atoms with E-state index < -0.39 is 18.3 Å². The number of phenols is 1. The molecule has 1 fully saturated rings. The van der Waals surface area contributed by atoms with E-state index in [1.165, 1.54) is 0 Å². The number of hydrogen-bond donors (Lipinski definition) is 1. The maximum absolute atomic E-state index is 10.8. The Kier molecular flexibility index (Phi) is 4.36. The largest absolute Gasteiger partial charge is 0.508 e. The Morgan fingerprint density at radius 1 is 0.929 bits per heavy atom. The molecular weight excluding hydrogens is 351 g/mol. The minimum Gasteiger partial charge on any atom is -0.508 e. The van der Waals surface area contributed by atoms with Gasteiger partial charge in [0.05, 0.1) is 11.2 Å². The fourth-order valence-corrected chi connectivity index (χ4v) is 3.72. The van der Waals surface area contributed by atoms with Crippen LogP contribution in [0.15, 0.2) is 46.9 Å². The molecule has 1 aliphatic rings. The third kappa shape index (κ3) is 3.03. The predicted molar refractivity (Wildman–Crippen MR) is 113 cm³/mol. The zero-order valence-corrected chi connectivity index (χ0v) is 17.4. The number of hydrogen-bond acceptors (Lipinski definition) is 4. The Morgan fingerprint density at radius 3 is 2.18 bits per heavy atom. The molecule has 1 saturated heterocycles. The molecule has 28 heavy (non-hydrogen) atoms. The summed E-state index contributed by atoms with van der Waals surface area (Å²) >= 11 is 0. The van der Waals surface area contributed by atoms with Gasteiger partial charge >= 0.3 is 7.12 Å². The van der Waals surface area contributed by atoms with Gasteiger partial charge in [-0.2, -0.15) is 0 Å². The molecule has 0 bridgehead atoms. The molecule has 5 heteroatoms. The summed E-state index contributed by atoms with van der Waals surface area (Å²) in [7, 11) is -0.544. The van der Waals surface area contributed by atoms with Crippen LogP contribution in [0.1, 0.15) is 53.0 Å². The smallest absolute Gasteiger partial charge is 0.495 e. The SMILES string of the molecule is CC(C)c1c(O)cc(-c2cc3ccccc3o2)cc1B1OC(C)(C)C(C)(C)O1. The topological polar surface area (TPSA) is 51.8 Å². The van der Waals surface area contributed by atoms with Gasteiger partial charge in [-0.05, 0) is 62.8 Å². The second-order valence-corrected chi connectivity index (χ2v) is 8.89. The van der Waals surface area contributed by atoms with E-state index in [0.717, 1.165) is 27.6 Å². The van der Waals surface area contributed by atoms with Crippen molar-refractivity contribution in [2.45, 2.75) is 58.7 Å². The van der Waals surface area contributed by atoms with Gasteiger partial charge in [-0.1, -0.05) is 38.1 Å². The Hall–Kier alpha value is -2.24. The highest BCUT2D eigenvalue weighted by molar-refractivity contribution is 6.63. The maximum atomic E-state index is 10.8. The zero-order valence-electron chi connectivity index (χ0n) is 17.4. The van der Waals surface area contributed by atoms with Crippen LogP contribution in [0.5, 0.6) is 5.75 Å². The highest BCUT2D eigenvalue weighted by atomic mass is 16.7. The number of phenolic OH excluding ortho intramolecular Hbond substituents is 1. The number of benzene rings is 2. The van der Waals surface area contributed by atoms with Gasteiger partial charge in [0, 0.05) is 10.9 Å². The molecular formula is C23H27BO4. The van der Waals surface area contributed by atoms with Gasteiger partial charge in [0.25, 0.3) is 0 Å². The van der Waals surface area contributed by atoms with Gasteiger partial charge in [0.1, 0.15) is 17.1 Å². The summed E-state index contributed by atoms with van der Waals surface area (Å²) in [6, 6.07) is 13.7. The van der Waals surface area contributed by atoms with Crippen LogP contribution in [0.25, 0.3) is 22.3 Å². The van der Waals surface area contributed by atoms with Gasteiger partial charge < -0.3 is 18.8 Å². The molecule has 0 unspecified atom stereocenters. The predicted octanol–water partition coefficient (Wildman–Crippen LogP) is 5.23. The van der Waals surface area contributed by atoms with Crippen LogP contribution in [-0.2, 0) is 9.31 Å². The minimum atomic E-state index is -0.544. The first-order valence-corrected chi connectivity index (χ1v) is 9.80. The molecule has 4 nitrogen and oxygen atoms in total. The van der Waals surface area contributed by atoms with Crippen molar-refractivity contribution in [1.82, 2.24) is 0 Å². The lowest BCUT2D eigenvalue weighted by molar-refractivity contribution is 0.00578. The van der Waals surface area contributed by atoms with Crippen LogP contribution in [0.4, 0.5) is 0 Å². The third-order valence-corrected chi connectivity index (χ3v) is 5.98. The fraction of sp³-hybridized carbons (Fsp3) is 0.391. The Balaban J connectivity index is 1.85. The third-order valence-electron chi connectivity index (χ3n) is 5.98. The average molecular weight is 378 g/mol. The summed E-state index contributed by atoms with van der Waals surface area (Å²) in [5.41, 5.74) is 2.43. The van der Waals surface area contributed by atoms with Crippen LogP contribution >= 0.6 is 0 Å². The van der Waals surface area contributed by atoms with Gasteiger partial charge in [-0.25, -0.2) is 0 Å². The molecule has 3 aromatic rings. The molecule has 0 amide bonds. The van der Waals surface area contributed by atoms with E-state index in [2.05, 4.69) is 13.8 Å². The van der Waals surface area contributed by atoms with Gasteiger partial charge in [-0.3, -0.25) is 0 Å². The lowest BCUT2D eigenvalue weighted by Crippen LogP contribution is -2.41. The summed E-state index contributed by atoms with van der Waals surface area (Å²) in [6.07, 6.45) is 0. The van der Waals surface area contributed by atoms with E-state index in [0.29, 0.717) is 5.76 Å². The number of fused-ring (bicyclic) bond motifs is 1. The minimum absolute atomic E-state index is 0.124. The van der Waals surface area contributed by atoms with Gasteiger partial charge in [0.2, 0.25) is 0 Å². The van der Waals surface area contributed by atoms with Gasteiger partial charge in [-0.15, -0.1) is 0 Å². The van der Waals surface area contributed by atoms with E-state index in [4.69, 9.17) is 13.7 Å². The summed E-state index contributed by atoms with van der Waals surface area (Å²) in [5.74, 6) is 1.07. The Labute approximate surface area is 166 Å². The quantitative estimate of drug-likeness (QED) is 0.635. The molecule has 0 radical (unpaired) electrons. The molecule has 2 aromatic carbocycles. The van der Waals surface area contributed by atoms with Gasteiger partial charge in [0.15, 0.2) is 0 Å². The molecule has 0 aliphatic carbocycles. The van der Waals surface area contributed by atoms with Crippen molar-refractivity contribution in [1.29, 1.82) is 0 Å². The Bertz CT molecular complexity index is 983. The number of rotatable bonds is 3. The standard InChI is InChI=1S/C23H27BO4/c1-14(2)21-17(24-27-22(3,4)23(5,6)28-24)11-16(12-18(21)25)20-13-15-9-7-8-10-19(15)26-20/h7-14,25H,1-6H3. The monoisotopic (exact) mass is 378 g/mol. The Morgan fingerprint density at radius 2 is 1.57 bits per heavy atom. The maximum Gasteiger partial charge on any atom is 0.495 e. The second-order valence-electron chi connectivity index (χ2n) is 8.89. The second kappa shape index (κ2) is 6.40. The van der Waals surface area contributed by atoms with Crippen molar-refractivity contribution < 1.29 is 18.8 Å². The number of furan rings is 1. The fourth-order valence-electron chi connectivity index (χ4n) is 3.72. The van der Waals surface area contributed by atoms with Crippen LogP contribution in [0.2, 0.25) is 0 Å². The zero-order chi connectivity index (χ0) is 20.3. The van der Waals surface area contributed by atoms with Crippen molar-refractivity contribution in [3.05, 3.63) is 48.0 Å². The van der Waals surface area contributed by atoms with E-state index in [-0.39, 0.29) is 11.7 Å². The van der Waals surface area contributed by atoms with E-state index in [1.807, 2.05) is 64.1 Å². The van der Waals surface area contributed by atoms with E-state index in [9.17, 15) is 5.11 Å². The summed E-state index contributed by atoms with van der Waals surface area (Å²) < 4.78 is 18.6. The van der Waals surface area contributed by atoms with Crippen molar-refractivity contribution in [2.75, 3.05) is 0 Å². The van der Waals surface area contributed by atoms with Crippen molar-refractivity contribution in [2.24, 2.45) is 0 Å². The van der Waals surface area contributed by atoms with Crippen LogP contribution in [0, 0.1) is 0 Å². The molecule has 4 rings (SSSR count). The van der Waals surface area contributed by atoms with Crippen LogP contribution < -0.4 is 5.46 Å². The molecule has 0 spiro atoms. The number of para-hydroxylation sites is 1. The normalized spacial score (nSPS) is 18.3. The molecule has 0 atom stereocenters. The molecule has 2 heterocycles. The van der Waals surface area contributed by atoms with Crippen LogP contribution in [-0.4, -0.2) is 23.4 Å². The summed E-state index contributed by atoms with van der Waals surface area (Å²) in [5, 5.41) is 11.9. The highest BCUT2D eigenvalue weighted by Gasteiger charge is 2.52. The summed E-state index contributed by atoms with van der Waals surface area (Å²) in [4.78, 5) is 0. The van der Waals surface area contributed by atoms with Crippen molar-refractivity contribution in [3.63, 3.8) is 0 Å². The molecule has 1 aromatic heterocycles. The molecule has 1 aliphatic heterocycles. The molecule has 0 saturated carbocycles. The highest BCUT2D eigenvalue weighted by Crippen LogP contribution is 2.39. The molecule has 1 N–H and O–H groups in total. The van der Waals surface area contributed by atoms with Crippen molar-refractivity contribution >= 4 is 23.6 Å². The average Bonchev–Trinajstić information content (AvgIpc) is 3.12. The first kappa shape index (κ1) is 19.1. The van der Waals surface area contributed by atoms with E-state index in [1.54, 1.807) is 6.07 Å².